The van der Waals surface area contributed by atoms with Crippen LogP contribution in [0.1, 0.15) is 39.9 Å². The molecule has 2 heterocycles. The van der Waals surface area contributed by atoms with Crippen LogP contribution in [-0.2, 0) is 9.59 Å². The van der Waals surface area contributed by atoms with E-state index < -0.39 is 5.82 Å². The van der Waals surface area contributed by atoms with Crippen molar-refractivity contribution in [2.24, 2.45) is 5.10 Å². The Hall–Kier alpha value is -3.55. The summed E-state index contributed by atoms with van der Waals surface area (Å²) in [7, 11) is 0. The highest BCUT2D eigenvalue weighted by Gasteiger charge is 2.31. The largest absolute Gasteiger partial charge is 0.335 e. The average molecular weight is 451 g/mol. The summed E-state index contributed by atoms with van der Waals surface area (Å²) in [4.78, 5) is 41.7. The predicted molar refractivity (Wildman–Crippen MR) is 124 cm³/mol. The molecular formula is C25H27FN4O3. The van der Waals surface area contributed by atoms with Crippen molar-refractivity contribution in [3.8, 4) is 0 Å². The molecule has 8 heteroatoms. The van der Waals surface area contributed by atoms with Crippen LogP contribution in [-0.4, -0.2) is 59.4 Å². The lowest BCUT2D eigenvalue weighted by Gasteiger charge is -2.35. The monoisotopic (exact) mass is 450 g/mol. The van der Waals surface area contributed by atoms with Crippen LogP contribution in [0.25, 0.3) is 0 Å². The summed E-state index contributed by atoms with van der Waals surface area (Å²) >= 11 is 0. The second kappa shape index (κ2) is 9.13. The Morgan fingerprint density at radius 1 is 0.848 bits per heavy atom. The first-order valence-corrected chi connectivity index (χ1v) is 11.1. The molecule has 0 atom stereocenters. The molecular weight excluding hydrogens is 423 g/mol. The minimum Gasteiger partial charge on any atom is -0.335 e. The molecule has 2 aliphatic rings. The van der Waals surface area contributed by atoms with Crippen molar-refractivity contribution in [2.45, 2.75) is 33.6 Å². The summed E-state index contributed by atoms with van der Waals surface area (Å²) in [5.41, 5.74) is 3.74. The molecule has 3 amide bonds. The first-order chi connectivity index (χ1) is 15.7. The lowest BCUT2D eigenvalue weighted by atomic mass is 10.1. The number of benzene rings is 2. The van der Waals surface area contributed by atoms with Crippen LogP contribution >= 0.6 is 0 Å². The molecule has 0 N–H and O–H groups in total. The van der Waals surface area contributed by atoms with Crippen LogP contribution in [0, 0.1) is 26.6 Å². The van der Waals surface area contributed by atoms with Crippen molar-refractivity contribution in [3.63, 3.8) is 0 Å². The Kier molecular flexibility index (Phi) is 6.26. The van der Waals surface area contributed by atoms with Gasteiger partial charge in [-0.2, -0.15) is 5.10 Å². The van der Waals surface area contributed by atoms with Crippen molar-refractivity contribution in [2.75, 3.05) is 31.2 Å². The van der Waals surface area contributed by atoms with Gasteiger partial charge in [-0.3, -0.25) is 14.4 Å². The van der Waals surface area contributed by atoms with Crippen LogP contribution in [0.2, 0.25) is 0 Å². The molecule has 0 aliphatic carbocycles. The van der Waals surface area contributed by atoms with Crippen molar-refractivity contribution < 1.29 is 18.8 Å². The minimum atomic E-state index is -0.409. The molecule has 0 spiro atoms. The smallest absolute Gasteiger partial charge is 0.270 e. The summed E-state index contributed by atoms with van der Waals surface area (Å²) in [6, 6.07) is 10.3. The fraction of sp³-hybridized carbons (Fsp3) is 0.360. The number of carbonyl (C=O) groups is 3. The summed E-state index contributed by atoms with van der Waals surface area (Å²) < 4.78 is 13.8. The number of anilines is 1. The number of aryl methyl sites for hydroxylation is 3. The van der Waals surface area contributed by atoms with E-state index in [0.717, 1.165) is 11.1 Å². The highest BCUT2D eigenvalue weighted by Crippen LogP contribution is 2.26. The van der Waals surface area contributed by atoms with E-state index in [4.69, 9.17) is 0 Å². The zero-order chi connectivity index (χ0) is 23.7. The van der Waals surface area contributed by atoms with Gasteiger partial charge in [0.05, 0.1) is 5.69 Å². The second-order valence-electron chi connectivity index (χ2n) is 8.59. The van der Waals surface area contributed by atoms with Gasteiger partial charge in [-0.05, 0) is 55.7 Å². The van der Waals surface area contributed by atoms with Gasteiger partial charge in [0.25, 0.3) is 11.8 Å². The standard InChI is InChI=1S/C25H27FN4O3/c1-16-4-5-18(3)22(14-16)30-23(31)9-8-21(27-30)25(33)29-12-10-28(11-13-29)24(32)19-7-6-17(2)20(26)15-19/h4-7,14-15H,8-13H2,1-3H3. The van der Waals surface area contributed by atoms with Gasteiger partial charge in [-0.1, -0.05) is 18.2 Å². The molecule has 0 aromatic heterocycles. The molecule has 0 unspecified atom stereocenters. The van der Waals surface area contributed by atoms with Gasteiger partial charge in [-0.25, -0.2) is 9.40 Å². The van der Waals surface area contributed by atoms with Gasteiger partial charge in [0, 0.05) is 44.6 Å². The Morgan fingerprint density at radius 2 is 1.48 bits per heavy atom. The van der Waals surface area contributed by atoms with Gasteiger partial charge < -0.3 is 9.80 Å². The molecule has 0 bridgehead atoms. The maximum atomic E-state index is 13.8. The number of amides is 3. The van der Waals surface area contributed by atoms with Crippen molar-refractivity contribution in [1.82, 2.24) is 9.80 Å². The molecule has 2 aromatic rings. The quantitative estimate of drug-likeness (QED) is 0.721. The highest BCUT2D eigenvalue weighted by molar-refractivity contribution is 6.40. The molecule has 0 saturated carbocycles. The van der Waals surface area contributed by atoms with Gasteiger partial charge >= 0.3 is 0 Å². The number of piperazine rings is 1. The zero-order valence-corrected chi connectivity index (χ0v) is 19.1. The second-order valence-corrected chi connectivity index (χ2v) is 8.59. The lowest BCUT2D eigenvalue weighted by molar-refractivity contribution is -0.125. The van der Waals surface area contributed by atoms with Crippen LogP contribution in [0.5, 0.6) is 0 Å². The van der Waals surface area contributed by atoms with Crippen LogP contribution in [0.4, 0.5) is 10.1 Å². The van der Waals surface area contributed by atoms with Gasteiger partial charge in [0.1, 0.15) is 11.5 Å². The fourth-order valence-electron chi connectivity index (χ4n) is 4.05. The fourth-order valence-corrected chi connectivity index (χ4v) is 4.05. The predicted octanol–water partition coefficient (Wildman–Crippen LogP) is 3.22. The van der Waals surface area contributed by atoms with E-state index in [0.29, 0.717) is 55.1 Å². The summed E-state index contributed by atoms with van der Waals surface area (Å²) in [5, 5.41) is 5.75. The average Bonchev–Trinajstić information content (AvgIpc) is 2.82. The maximum Gasteiger partial charge on any atom is 0.270 e. The highest BCUT2D eigenvalue weighted by atomic mass is 19.1. The van der Waals surface area contributed by atoms with Crippen molar-refractivity contribution >= 4 is 29.1 Å². The zero-order valence-electron chi connectivity index (χ0n) is 19.1. The summed E-state index contributed by atoms with van der Waals surface area (Å²) in [5.74, 6) is -1.01. The minimum absolute atomic E-state index is 0.138. The molecule has 0 radical (unpaired) electrons. The van der Waals surface area contributed by atoms with Gasteiger partial charge in [0.2, 0.25) is 5.91 Å². The SMILES string of the molecule is Cc1ccc(C)c(N2N=C(C(=O)N3CCN(C(=O)c4ccc(C)c(F)c4)CC3)CCC2=O)c1. The molecule has 172 valence electrons. The number of hydrogen-bond donors (Lipinski definition) is 0. The Labute approximate surface area is 192 Å². The first-order valence-electron chi connectivity index (χ1n) is 11.1. The van der Waals surface area contributed by atoms with E-state index in [1.807, 2.05) is 32.0 Å². The van der Waals surface area contributed by atoms with Crippen molar-refractivity contribution in [3.05, 3.63) is 64.5 Å². The Balaban J connectivity index is 1.44. The van der Waals surface area contributed by atoms with Crippen LogP contribution < -0.4 is 5.01 Å². The molecule has 7 nitrogen and oxygen atoms in total. The number of halogens is 1. The van der Waals surface area contributed by atoms with Crippen molar-refractivity contribution in [1.29, 1.82) is 0 Å². The van der Waals surface area contributed by atoms with E-state index >= 15 is 0 Å². The Morgan fingerprint density at radius 3 is 2.15 bits per heavy atom. The summed E-state index contributed by atoms with van der Waals surface area (Å²) in [6.45, 7) is 6.92. The van der Waals surface area contributed by atoms with Crippen LogP contribution in [0.3, 0.4) is 0 Å². The normalized spacial score (nSPS) is 16.7. The molecule has 1 saturated heterocycles. The van der Waals surface area contributed by atoms with E-state index in [2.05, 4.69) is 5.10 Å². The molecule has 2 aromatic carbocycles. The number of nitrogens with zero attached hydrogens (tertiary/aromatic N) is 4. The third kappa shape index (κ3) is 4.65. The first kappa shape index (κ1) is 22.6. The number of hydrogen-bond acceptors (Lipinski definition) is 4. The molecule has 33 heavy (non-hydrogen) atoms. The van der Waals surface area contributed by atoms with E-state index in [1.165, 1.54) is 11.1 Å². The van der Waals surface area contributed by atoms with E-state index in [9.17, 15) is 18.8 Å². The van der Waals surface area contributed by atoms with Gasteiger partial charge in [-0.15, -0.1) is 0 Å². The lowest BCUT2D eigenvalue weighted by Crippen LogP contribution is -2.53. The molecule has 1 fully saturated rings. The summed E-state index contributed by atoms with van der Waals surface area (Å²) in [6.07, 6.45) is 0.510. The number of rotatable bonds is 3. The molecule has 4 rings (SSSR count). The van der Waals surface area contributed by atoms with E-state index in [1.54, 1.807) is 28.9 Å². The Bertz CT molecular complexity index is 1150. The van der Waals surface area contributed by atoms with E-state index in [-0.39, 0.29) is 24.1 Å². The van der Waals surface area contributed by atoms with Gasteiger partial charge in [0.15, 0.2) is 0 Å². The number of hydrazone groups is 1. The topological polar surface area (TPSA) is 73.3 Å². The maximum absolute atomic E-state index is 13.8. The van der Waals surface area contributed by atoms with Crippen LogP contribution in [0.15, 0.2) is 41.5 Å². The third-order valence-electron chi connectivity index (χ3n) is 6.15. The third-order valence-corrected chi connectivity index (χ3v) is 6.15. The number of carbonyl (C=O) groups excluding carboxylic acids is 3. The molecule has 2 aliphatic heterocycles.